The summed E-state index contributed by atoms with van der Waals surface area (Å²) in [4.78, 5) is 4.48. The molecular formula is C21H29NO2. The van der Waals surface area contributed by atoms with Crippen LogP contribution < -0.4 is 9.47 Å². The maximum atomic E-state index is 6.12. The summed E-state index contributed by atoms with van der Waals surface area (Å²) in [6.07, 6.45) is 9.37. The van der Waals surface area contributed by atoms with Gasteiger partial charge in [-0.15, -0.1) is 0 Å². The first-order chi connectivity index (χ1) is 11.8. The average Bonchev–Trinajstić information content (AvgIpc) is 2.62. The normalized spacial score (nSPS) is 10.6. The Morgan fingerprint density at radius 2 is 1.79 bits per heavy atom. The van der Waals surface area contributed by atoms with E-state index in [1.807, 2.05) is 18.2 Å². The Hall–Kier alpha value is -2.03. The zero-order valence-electron chi connectivity index (χ0n) is 15.2. The van der Waals surface area contributed by atoms with Crippen LogP contribution in [0.2, 0.25) is 0 Å². The molecule has 0 N–H and O–H groups in total. The van der Waals surface area contributed by atoms with Crippen molar-refractivity contribution >= 4 is 0 Å². The minimum atomic E-state index is 0.758. The number of aromatic nitrogens is 1. The summed E-state index contributed by atoms with van der Waals surface area (Å²) in [5.74, 6) is 1.75. The molecule has 2 rings (SSSR count). The molecule has 3 nitrogen and oxygen atoms in total. The summed E-state index contributed by atoms with van der Waals surface area (Å²) in [5.41, 5.74) is 3.05. The highest BCUT2D eigenvalue weighted by Crippen LogP contribution is 2.33. The van der Waals surface area contributed by atoms with Gasteiger partial charge < -0.3 is 9.47 Å². The SMILES string of the molecule is CCCCCCCCOc1c(C)cccc1-c1cc(OC)ccn1. The molecule has 0 saturated carbocycles. The molecule has 130 valence electrons. The van der Waals surface area contributed by atoms with Gasteiger partial charge in [0.15, 0.2) is 0 Å². The summed E-state index contributed by atoms with van der Waals surface area (Å²) in [7, 11) is 1.67. The van der Waals surface area contributed by atoms with Gasteiger partial charge in [-0.1, -0.05) is 51.2 Å². The molecular weight excluding hydrogens is 298 g/mol. The van der Waals surface area contributed by atoms with Gasteiger partial charge in [0.2, 0.25) is 0 Å². The van der Waals surface area contributed by atoms with E-state index in [1.54, 1.807) is 13.3 Å². The highest BCUT2D eigenvalue weighted by Gasteiger charge is 2.11. The summed E-state index contributed by atoms with van der Waals surface area (Å²) < 4.78 is 11.4. The molecule has 0 amide bonds. The lowest BCUT2D eigenvalue weighted by atomic mass is 10.1. The number of benzene rings is 1. The molecule has 0 spiro atoms. The second kappa shape index (κ2) is 9.96. The quantitative estimate of drug-likeness (QED) is 0.516. The zero-order chi connectivity index (χ0) is 17.2. The maximum absolute atomic E-state index is 6.12. The average molecular weight is 327 g/mol. The second-order valence-corrected chi connectivity index (χ2v) is 6.15. The van der Waals surface area contributed by atoms with Gasteiger partial charge in [-0.05, 0) is 31.0 Å². The zero-order valence-corrected chi connectivity index (χ0v) is 15.2. The van der Waals surface area contributed by atoms with Crippen LogP contribution in [0.3, 0.4) is 0 Å². The van der Waals surface area contributed by atoms with Crippen molar-refractivity contribution in [2.75, 3.05) is 13.7 Å². The van der Waals surface area contributed by atoms with Crippen LogP contribution in [0, 0.1) is 6.92 Å². The third-order valence-corrected chi connectivity index (χ3v) is 4.20. The lowest BCUT2D eigenvalue weighted by Gasteiger charge is -2.14. The molecule has 24 heavy (non-hydrogen) atoms. The molecule has 0 bridgehead atoms. The van der Waals surface area contributed by atoms with Crippen molar-refractivity contribution in [1.29, 1.82) is 0 Å². The van der Waals surface area contributed by atoms with Crippen molar-refractivity contribution in [3.63, 3.8) is 0 Å². The van der Waals surface area contributed by atoms with Crippen LogP contribution in [-0.2, 0) is 0 Å². The third-order valence-electron chi connectivity index (χ3n) is 4.20. The molecule has 1 aromatic carbocycles. The molecule has 1 aromatic heterocycles. The van der Waals surface area contributed by atoms with Crippen LogP contribution in [0.5, 0.6) is 11.5 Å². The number of unbranched alkanes of at least 4 members (excludes halogenated alkanes) is 5. The minimum absolute atomic E-state index is 0.758. The monoisotopic (exact) mass is 327 g/mol. The Morgan fingerprint density at radius 1 is 1.00 bits per heavy atom. The van der Waals surface area contributed by atoms with Gasteiger partial charge in [-0.3, -0.25) is 4.98 Å². The van der Waals surface area contributed by atoms with Gasteiger partial charge in [-0.2, -0.15) is 0 Å². The van der Waals surface area contributed by atoms with Crippen LogP contribution in [-0.4, -0.2) is 18.7 Å². The highest BCUT2D eigenvalue weighted by atomic mass is 16.5. The topological polar surface area (TPSA) is 31.4 Å². The molecule has 0 radical (unpaired) electrons. The standard InChI is InChI=1S/C21H29NO2/c1-4-5-6-7-8-9-15-24-21-17(2)11-10-12-19(21)20-16-18(23-3)13-14-22-20/h10-14,16H,4-9,15H2,1-3H3. The lowest BCUT2D eigenvalue weighted by Crippen LogP contribution is -2.01. The van der Waals surface area contributed by atoms with Crippen molar-refractivity contribution < 1.29 is 9.47 Å². The summed E-state index contributed by atoms with van der Waals surface area (Å²) in [6, 6.07) is 10.00. The van der Waals surface area contributed by atoms with E-state index in [4.69, 9.17) is 9.47 Å². The van der Waals surface area contributed by atoms with Gasteiger partial charge in [0.1, 0.15) is 11.5 Å². The molecule has 3 heteroatoms. The van der Waals surface area contributed by atoms with Crippen LogP contribution >= 0.6 is 0 Å². The predicted octanol–water partition coefficient (Wildman–Crippen LogP) is 5.80. The molecule has 0 saturated heterocycles. The first kappa shape index (κ1) is 18.3. The van der Waals surface area contributed by atoms with Crippen LogP contribution in [0.25, 0.3) is 11.3 Å². The number of ether oxygens (including phenoxy) is 2. The lowest BCUT2D eigenvalue weighted by molar-refractivity contribution is 0.303. The Morgan fingerprint density at radius 3 is 2.58 bits per heavy atom. The van der Waals surface area contributed by atoms with Crippen molar-refractivity contribution in [3.05, 3.63) is 42.1 Å². The number of aryl methyl sites for hydroxylation is 1. The molecule has 0 unspecified atom stereocenters. The fourth-order valence-corrected chi connectivity index (χ4v) is 2.79. The van der Waals surface area contributed by atoms with Gasteiger partial charge in [0, 0.05) is 17.8 Å². The van der Waals surface area contributed by atoms with E-state index in [1.165, 1.54) is 32.1 Å². The van der Waals surface area contributed by atoms with E-state index in [2.05, 4.69) is 31.0 Å². The van der Waals surface area contributed by atoms with Crippen LogP contribution in [0.1, 0.15) is 51.0 Å². The fourth-order valence-electron chi connectivity index (χ4n) is 2.79. The number of nitrogens with zero attached hydrogens (tertiary/aromatic N) is 1. The highest BCUT2D eigenvalue weighted by molar-refractivity contribution is 5.70. The predicted molar refractivity (Wildman–Crippen MR) is 99.8 cm³/mol. The second-order valence-electron chi connectivity index (χ2n) is 6.15. The molecule has 2 aromatic rings. The Balaban J connectivity index is 2.01. The van der Waals surface area contributed by atoms with E-state index in [-0.39, 0.29) is 0 Å². The Kier molecular flexibility index (Phi) is 7.60. The molecule has 1 heterocycles. The van der Waals surface area contributed by atoms with Gasteiger partial charge >= 0.3 is 0 Å². The van der Waals surface area contributed by atoms with E-state index < -0.39 is 0 Å². The van der Waals surface area contributed by atoms with Crippen molar-refractivity contribution in [1.82, 2.24) is 4.98 Å². The molecule has 0 atom stereocenters. The smallest absolute Gasteiger partial charge is 0.131 e. The number of hydrogen-bond acceptors (Lipinski definition) is 3. The number of hydrogen-bond donors (Lipinski definition) is 0. The van der Waals surface area contributed by atoms with Gasteiger partial charge in [0.25, 0.3) is 0 Å². The fraction of sp³-hybridized carbons (Fsp3) is 0.476. The van der Waals surface area contributed by atoms with Crippen LogP contribution in [0.15, 0.2) is 36.5 Å². The first-order valence-electron chi connectivity index (χ1n) is 8.99. The molecule has 0 fully saturated rings. The van der Waals surface area contributed by atoms with Crippen molar-refractivity contribution in [2.45, 2.75) is 52.4 Å². The largest absolute Gasteiger partial charge is 0.497 e. The summed E-state index contributed by atoms with van der Waals surface area (Å²) in [6.45, 7) is 5.09. The molecule has 0 aliphatic heterocycles. The first-order valence-corrected chi connectivity index (χ1v) is 8.99. The van der Waals surface area contributed by atoms with Gasteiger partial charge in [0.05, 0.1) is 19.4 Å². The van der Waals surface area contributed by atoms with E-state index in [0.717, 1.165) is 41.3 Å². The maximum Gasteiger partial charge on any atom is 0.131 e. The third kappa shape index (κ3) is 5.26. The summed E-state index contributed by atoms with van der Waals surface area (Å²) >= 11 is 0. The number of para-hydroxylation sites is 1. The van der Waals surface area contributed by atoms with Crippen LogP contribution in [0.4, 0.5) is 0 Å². The van der Waals surface area contributed by atoms with Crippen molar-refractivity contribution in [2.24, 2.45) is 0 Å². The molecule has 0 aliphatic carbocycles. The molecule has 0 aliphatic rings. The van der Waals surface area contributed by atoms with Gasteiger partial charge in [-0.25, -0.2) is 0 Å². The van der Waals surface area contributed by atoms with E-state index >= 15 is 0 Å². The Bertz CT molecular complexity index is 625. The number of rotatable bonds is 10. The van der Waals surface area contributed by atoms with Crippen molar-refractivity contribution in [3.8, 4) is 22.8 Å². The minimum Gasteiger partial charge on any atom is -0.497 e. The summed E-state index contributed by atoms with van der Waals surface area (Å²) in [5, 5.41) is 0. The number of methoxy groups -OCH3 is 1. The number of pyridine rings is 1. The Labute approximate surface area is 146 Å². The van der Waals surface area contributed by atoms with E-state index in [9.17, 15) is 0 Å². The van der Waals surface area contributed by atoms with E-state index in [0.29, 0.717) is 0 Å².